The molecular weight excluding hydrogens is 216 g/mol. The monoisotopic (exact) mass is 236 g/mol. The molecular formula is C13H20N2O2. The van der Waals surface area contributed by atoms with Gasteiger partial charge < -0.3 is 15.4 Å². The van der Waals surface area contributed by atoms with Gasteiger partial charge in [0.2, 0.25) is 5.91 Å². The maximum absolute atomic E-state index is 11.1. The molecule has 0 fully saturated rings. The van der Waals surface area contributed by atoms with Crippen LogP contribution in [0, 0.1) is 0 Å². The zero-order valence-electron chi connectivity index (χ0n) is 10.6. The van der Waals surface area contributed by atoms with E-state index in [1.807, 2.05) is 31.3 Å². The van der Waals surface area contributed by atoms with Crippen molar-refractivity contribution >= 4 is 5.91 Å². The fraction of sp³-hybridized carbons (Fsp3) is 0.462. The molecule has 0 saturated carbocycles. The normalized spacial score (nSPS) is 11.9. The molecule has 1 unspecified atom stereocenters. The fourth-order valence-corrected chi connectivity index (χ4v) is 1.50. The Morgan fingerprint density at radius 1 is 1.35 bits per heavy atom. The van der Waals surface area contributed by atoms with Crippen LogP contribution < -0.4 is 15.4 Å². The Labute approximate surface area is 102 Å². The minimum absolute atomic E-state index is 0.0100. The summed E-state index contributed by atoms with van der Waals surface area (Å²) in [6.45, 7) is 2.47. The molecule has 0 aliphatic heterocycles. The van der Waals surface area contributed by atoms with Crippen LogP contribution in [0.1, 0.15) is 24.9 Å². The molecule has 4 heteroatoms. The number of amides is 1. The molecule has 1 atom stereocenters. The lowest BCUT2D eigenvalue weighted by Crippen LogP contribution is -2.20. The van der Waals surface area contributed by atoms with E-state index in [-0.39, 0.29) is 11.9 Å². The first-order chi connectivity index (χ1) is 8.19. The minimum atomic E-state index is -0.0100. The predicted molar refractivity (Wildman–Crippen MR) is 68.1 cm³/mol. The van der Waals surface area contributed by atoms with E-state index in [2.05, 4.69) is 17.6 Å². The number of para-hydroxylation sites is 1. The van der Waals surface area contributed by atoms with Gasteiger partial charge in [0.1, 0.15) is 5.75 Å². The van der Waals surface area contributed by atoms with Crippen molar-refractivity contribution in [2.45, 2.75) is 19.4 Å². The molecule has 0 radical (unpaired) electrons. The van der Waals surface area contributed by atoms with E-state index >= 15 is 0 Å². The third kappa shape index (κ3) is 4.07. The van der Waals surface area contributed by atoms with Gasteiger partial charge in [-0.1, -0.05) is 18.2 Å². The molecule has 4 nitrogen and oxygen atoms in total. The molecule has 1 rings (SSSR count). The van der Waals surface area contributed by atoms with Crippen molar-refractivity contribution in [2.24, 2.45) is 0 Å². The summed E-state index contributed by atoms with van der Waals surface area (Å²) in [5, 5.41) is 5.74. The van der Waals surface area contributed by atoms with Crippen LogP contribution in [-0.2, 0) is 4.79 Å². The molecule has 0 aliphatic carbocycles. The van der Waals surface area contributed by atoms with Crippen molar-refractivity contribution < 1.29 is 9.53 Å². The Hall–Kier alpha value is -1.55. The molecule has 2 N–H and O–H groups in total. The van der Waals surface area contributed by atoms with Gasteiger partial charge in [-0.05, 0) is 20.0 Å². The molecule has 0 spiro atoms. The van der Waals surface area contributed by atoms with Gasteiger partial charge in [0.25, 0.3) is 0 Å². The van der Waals surface area contributed by atoms with Crippen molar-refractivity contribution in [1.82, 2.24) is 10.6 Å². The van der Waals surface area contributed by atoms with Crippen LogP contribution in [0.4, 0.5) is 0 Å². The number of carbonyl (C=O) groups is 1. The minimum Gasteiger partial charge on any atom is -0.493 e. The van der Waals surface area contributed by atoms with Crippen LogP contribution in [0.25, 0.3) is 0 Å². The number of hydrogen-bond donors (Lipinski definition) is 2. The van der Waals surface area contributed by atoms with Gasteiger partial charge >= 0.3 is 0 Å². The van der Waals surface area contributed by atoms with Crippen LogP contribution >= 0.6 is 0 Å². The summed E-state index contributed by atoms with van der Waals surface area (Å²) in [4.78, 5) is 11.1. The summed E-state index contributed by atoms with van der Waals surface area (Å²) in [6, 6.07) is 8.09. The number of carbonyl (C=O) groups excluding carboxylic acids is 1. The number of hydrogen-bond acceptors (Lipinski definition) is 3. The number of ether oxygens (including phenoxy) is 1. The van der Waals surface area contributed by atoms with Crippen LogP contribution in [0.15, 0.2) is 24.3 Å². The molecule has 1 aromatic rings. The SMILES string of the molecule is CNC(=O)CCOc1ccccc1C(C)NC. The van der Waals surface area contributed by atoms with Crippen LogP contribution in [0.2, 0.25) is 0 Å². The third-order valence-corrected chi connectivity index (χ3v) is 2.68. The smallest absolute Gasteiger partial charge is 0.223 e. The van der Waals surface area contributed by atoms with Gasteiger partial charge in [-0.25, -0.2) is 0 Å². The van der Waals surface area contributed by atoms with Gasteiger partial charge in [0, 0.05) is 18.7 Å². The highest BCUT2D eigenvalue weighted by Crippen LogP contribution is 2.24. The first kappa shape index (κ1) is 13.5. The fourth-order valence-electron chi connectivity index (χ4n) is 1.50. The van der Waals surface area contributed by atoms with E-state index in [1.165, 1.54) is 0 Å². The molecule has 94 valence electrons. The van der Waals surface area contributed by atoms with Crippen LogP contribution in [-0.4, -0.2) is 26.6 Å². The van der Waals surface area contributed by atoms with Gasteiger partial charge in [0.15, 0.2) is 0 Å². The Bertz CT molecular complexity index is 366. The second-order valence-electron chi connectivity index (χ2n) is 3.82. The number of benzene rings is 1. The summed E-state index contributed by atoms with van der Waals surface area (Å²) in [6.07, 6.45) is 0.374. The van der Waals surface area contributed by atoms with E-state index in [0.29, 0.717) is 13.0 Å². The van der Waals surface area contributed by atoms with E-state index in [4.69, 9.17) is 4.74 Å². The molecule has 0 saturated heterocycles. The Kier molecular flexibility index (Phi) is 5.49. The van der Waals surface area contributed by atoms with Gasteiger partial charge in [0.05, 0.1) is 13.0 Å². The molecule has 0 aliphatic rings. The predicted octanol–water partition coefficient (Wildman–Crippen LogP) is 1.48. The maximum atomic E-state index is 11.1. The summed E-state index contributed by atoms with van der Waals surface area (Å²) < 4.78 is 5.63. The van der Waals surface area contributed by atoms with Crippen LogP contribution in [0.3, 0.4) is 0 Å². The Morgan fingerprint density at radius 3 is 2.71 bits per heavy atom. The first-order valence-electron chi connectivity index (χ1n) is 5.78. The van der Waals surface area contributed by atoms with Crippen molar-refractivity contribution in [3.05, 3.63) is 29.8 Å². The second kappa shape index (κ2) is 6.91. The van der Waals surface area contributed by atoms with Crippen molar-refractivity contribution in [3.8, 4) is 5.75 Å². The average Bonchev–Trinajstić information content (AvgIpc) is 2.38. The lowest BCUT2D eigenvalue weighted by molar-refractivity contribution is -0.121. The average molecular weight is 236 g/mol. The van der Waals surface area contributed by atoms with Gasteiger partial charge in [-0.15, -0.1) is 0 Å². The van der Waals surface area contributed by atoms with Crippen molar-refractivity contribution in [3.63, 3.8) is 0 Å². The third-order valence-electron chi connectivity index (χ3n) is 2.68. The lowest BCUT2D eigenvalue weighted by Gasteiger charge is -2.16. The quantitative estimate of drug-likeness (QED) is 0.786. The molecule has 1 amide bonds. The van der Waals surface area contributed by atoms with Crippen molar-refractivity contribution in [1.29, 1.82) is 0 Å². The maximum Gasteiger partial charge on any atom is 0.223 e. The van der Waals surface area contributed by atoms with Crippen molar-refractivity contribution in [2.75, 3.05) is 20.7 Å². The highest BCUT2D eigenvalue weighted by molar-refractivity contribution is 5.75. The highest BCUT2D eigenvalue weighted by Gasteiger charge is 2.09. The Morgan fingerprint density at radius 2 is 2.06 bits per heavy atom. The largest absolute Gasteiger partial charge is 0.493 e. The van der Waals surface area contributed by atoms with Gasteiger partial charge in [-0.2, -0.15) is 0 Å². The lowest BCUT2D eigenvalue weighted by atomic mass is 10.1. The summed E-state index contributed by atoms with van der Waals surface area (Å²) in [5.41, 5.74) is 1.10. The van der Waals surface area contributed by atoms with E-state index in [9.17, 15) is 4.79 Å². The zero-order valence-corrected chi connectivity index (χ0v) is 10.6. The molecule has 0 bridgehead atoms. The highest BCUT2D eigenvalue weighted by atomic mass is 16.5. The topological polar surface area (TPSA) is 50.4 Å². The van der Waals surface area contributed by atoms with E-state index in [1.54, 1.807) is 7.05 Å². The Balaban J connectivity index is 2.61. The zero-order chi connectivity index (χ0) is 12.7. The summed E-state index contributed by atoms with van der Waals surface area (Å²) in [5.74, 6) is 0.822. The van der Waals surface area contributed by atoms with E-state index in [0.717, 1.165) is 11.3 Å². The number of nitrogens with one attached hydrogen (secondary N) is 2. The second-order valence-corrected chi connectivity index (χ2v) is 3.82. The summed E-state index contributed by atoms with van der Waals surface area (Å²) in [7, 11) is 3.53. The first-order valence-corrected chi connectivity index (χ1v) is 5.78. The molecule has 0 heterocycles. The molecule has 1 aromatic carbocycles. The molecule has 0 aromatic heterocycles. The van der Waals surface area contributed by atoms with Gasteiger partial charge in [-0.3, -0.25) is 4.79 Å². The summed E-state index contributed by atoms with van der Waals surface area (Å²) >= 11 is 0. The van der Waals surface area contributed by atoms with E-state index < -0.39 is 0 Å². The van der Waals surface area contributed by atoms with Crippen LogP contribution in [0.5, 0.6) is 5.75 Å². The number of rotatable bonds is 6. The molecule has 17 heavy (non-hydrogen) atoms. The standard InChI is InChI=1S/C13H20N2O2/c1-10(14-2)11-6-4-5-7-12(11)17-9-8-13(16)15-3/h4-7,10,14H,8-9H2,1-3H3,(H,15,16).